The number of guanidine groups is 1. The third kappa shape index (κ3) is 4.57. The molecule has 1 aliphatic heterocycles. The molecule has 1 heterocycles. The fourth-order valence-electron chi connectivity index (χ4n) is 3.16. The first-order valence-corrected chi connectivity index (χ1v) is 8.61. The number of aliphatic imine (C=N–C) groups is 2. The molecule has 0 radical (unpaired) electrons. The molecule has 8 heteroatoms. The molecular weight excluding hydrogens is 355 g/mol. The highest BCUT2D eigenvalue weighted by molar-refractivity contribution is 5.87. The summed E-state index contributed by atoms with van der Waals surface area (Å²) >= 11 is 0. The van der Waals surface area contributed by atoms with Crippen LogP contribution in [-0.4, -0.2) is 35.7 Å². The van der Waals surface area contributed by atoms with Gasteiger partial charge in [-0.1, -0.05) is 13.5 Å². The zero-order valence-electron chi connectivity index (χ0n) is 15.6. The predicted octanol–water partition coefficient (Wildman–Crippen LogP) is 3.90. The number of hydrogen-bond acceptors (Lipinski definition) is 3. The molecule has 0 aromatic heterocycles. The van der Waals surface area contributed by atoms with E-state index in [0.717, 1.165) is 17.9 Å². The quantitative estimate of drug-likeness (QED) is 0.374. The number of likely N-dealkylation sites (tertiary alicyclic amines) is 1. The lowest BCUT2D eigenvalue weighted by molar-refractivity contribution is 0.197. The summed E-state index contributed by atoms with van der Waals surface area (Å²) in [6.07, 6.45) is 3.04. The third-order valence-corrected chi connectivity index (χ3v) is 4.59. The molecule has 146 valence electrons. The minimum absolute atomic E-state index is 0.0286. The van der Waals surface area contributed by atoms with Crippen molar-refractivity contribution in [2.24, 2.45) is 21.7 Å². The summed E-state index contributed by atoms with van der Waals surface area (Å²) in [5.74, 6) is 4.10. The van der Waals surface area contributed by atoms with E-state index in [0.29, 0.717) is 37.0 Å². The van der Waals surface area contributed by atoms with E-state index in [9.17, 15) is 13.2 Å². The molecule has 1 aromatic rings. The number of nitrogens with zero attached hydrogens (tertiary/aromatic N) is 4. The average molecular weight is 379 g/mol. The van der Waals surface area contributed by atoms with Gasteiger partial charge in [0.25, 0.3) is 0 Å². The van der Waals surface area contributed by atoms with E-state index < -0.39 is 17.5 Å². The number of benzene rings is 1. The van der Waals surface area contributed by atoms with Gasteiger partial charge in [0.15, 0.2) is 0 Å². The average Bonchev–Trinajstić information content (AvgIpc) is 2.60. The molecule has 0 aliphatic carbocycles. The van der Waals surface area contributed by atoms with Gasteiger partial charge in [0.1, 0.15) is 23.3 Å². The minimum atomic E-state index is -1.00. The monoisotopic (exact) mass is 379 g/mol. The topological polar surface area (TPSA) is 57.2 Å². The maximum absolute atomic E-state index is 14.4. The summed E-state index contributed by atoms with van der Waals surface area (Å²) in [6, 6.07) is 1.28. The molecule has 0 atom stereocenters. The zero-order chi connectivity index (χ0) is 20.1. The number of hydrogen-bond donors (Lipinski definition) is 1. The molecule has 0 bridgehead atoms. The van der Waals surface area contributed by atoms with E-state index in [-0.39, 0.29) is 17.1 Å². The Hall–Kier alpha value is -2.61. The first kappa shape index (κ1) is 20.7. The summed E-state index contributed by atoms with van der Waals surface area (Å²) in [5, 5.41) is 1.13. The van der Waals surface area contributed by atoms with Crippen molar-refractivity contribution >= 4 is 18.3 Å². The summed E-state index contributed by atoms with van der Waals surface area (Å²) in [6.45, 7) is 11.9. The second-order valence-electron chi connectivity index (χ2n) is 6.50. The summed E-state index contributed by atoms with van der Waals surface area (Å²) in [5.41, 5.74) is -0.134. The molecule has 0 unspecified atom stereocenters. The van der Waals surface area contributed by atoms with Crippen LogP contribution in [0.25, 0.3) is 5.57 Å². The molecule has 0 spiro atoms. The Morgan fingerprint density at radius 1 is 1.26 bits per heavy atom. The largest absolute Gasteiger partial charge is 0.357 e. The highest BCUT2D eigenvalue weighted by Crippen LogP contribution is 2.30. The summed E-state index contributed by atoms with van der Waals surface area (Å²) < 4.78 is 42.1. The Bertz CT molecular complexity index is 757. The number of halogens is 3. The van der Waals surface area contributed by atoms with Crippen molar-refractivity contribution in [3.63, 3.8) is 0 Å². The van der Waals surface area contributed by atoms with Crippen molar-refractivity contribution in [1.29, 1.82) is 0 Å². The summed E-state index contributed by atoms with van der Waals surface area (Å²) in [4.78, 5) is 9.64. The van der Waals surface area contributed by atoms with Crippen molar-refractivity contribution in [2.45, 2.75) is 26.7 Å². The van der Waals surface area contributed by atoms with Crippen LogP contribution in [-0.2, 0) is 0 Å². The van der Waals surface area contributed by atoms with Gasteiger partial charge < -0.3 is 4.90 Å². The van der Waals surface area contributed by atoms with Crippen molar-refractivity contribution in [3.05, 3.63) is 53.7 Å². The van der Waals surface area contributed by atoms with E-state index in [2.05, 4.69) is 30.2 Å². The number of allylic oxidation sites excluding steroid dienone is 1. The van der Waals surface area contributed by atoms with Gasteiger partial charge in [-0.05, 0) is 32.4 Å². The molecule has 1 fully saturated rings. The van der Waals surface area contributed by atoms with Crippen LogP contribution in [0.4, 0.5) is 13.2 Å². The van der Waals surface area contributed by atoms with E-state index in [1.54, 1.807) is 0 Å². The fourth-order valence-corrected chi connectivity index (χ4v) is 3.16. The second-order valence-corrected chi connectivity index (χ2v) is 6.50. The molecule has 2 rings (SSSR count). The molecule has 1 saturated heterocycles. The van der Waals surface area contributed by atoms with Crippen LogP contribution in [0.15, 0.2) is 40.7 Å². The Kier molecular flexibility index (Phi) is 6.79. The molecule has 2 N–H and O–H groups in total. The van der Waals surface area contributed by atoms with Gasteiger partial charge >= 0.3 is 0 Å². The molecule has 0 saturated carbocycles. The minimum Gasteiger partial charge on any atom is -0.357 e. The second kappa shape index (κ2) is 8.85. The number of nitrogens with two attached hydrogens (primary N) is 1. The molecule has 0 amide bonds. The van der Waals surface area contributed by atoms with Gasteiger partial charge in [-0.3, -0.25) is 0 Å². The van der Waals surface area contributed by atoms with Crippen molar-refractivity contribution < 1.29 is 13.2 Å². The van der Waals surface area contributed by atoms with Gasteiger partial charge in [-0.2, -0.15) is 0 Å². The number of hydrazine groups is 1. The highest BCUT2D eigenvalue weighted by atomic mass is 19.1. The van der Waals surface area contributed by atoms with E-state index in [4.69, 9.17) is 5.84 Å². The Balaban J connectivity index is 2.64. The molecule has 1 aliphatic rings. The SMILES string of the molecule is C=C/N=C(/N=C)N(N)/C(=C(\C)c1c(F)cc(F)cc1F)N1CCC(C)CC1. The van der Waals surface area contributed by atoms with Gasteiger partial charge in [0.05, 0.1) is 5.56 Å². The Labute approximate surface area is 157 Å². The lowest BCUT2D eigenvalue weighted by atomic mass is 9.98. The molecule has 27 heavy (non-hydrogen) atoms. The van der Waals surface area contributed by atoms with Crippen LogP contribution >= 0.6 is 0 Å². The lowest BCUT2D eigenvalue weighted by Gasteiger charge is -2.38. The van der Waals surface area contributed by atoms with Crippen molar-refractivity contribution in [2.75, 3.05) is 13.1 Å². The predicted molar refractivity (Wildman–Crippen MR) is 102 cm³/mol. The molecular formula is C19H24F3N5. The van der Waals surface area contributed by atoms with Gasteiger partial charge in [-0.25, -0.2) is 34.0 Å². The first-order chi connectivity index (χ1) is 12.8. The van der Waals surface area contributed by atoms with E-state index in [1.165, 1.54) is 13.1 Å². The Morgan fingerprint density at radius 2 is 1.81 bits per heavy atom. The summed E-state index contributed by atoms with van der Waals surface area (Å²) in [7, 11) is 0. The Morgan fingerprint density at radius 3 is 2.30 bits per heavy atom. The van der Waals surface area contributed by atoms with Crippen molar-refractivity contribution in [1.82, 2.24) is 9.91 Å². The van der Waals surface area contributed by atoms with Crippen molar-refractivity contribution in [3.8, 4) is 0 Å². The number of piperidine rings is 1. The third-order valence-electron chi connectivity index (χ3n) is 4.59. The highest BCUT2D eigenvalue weighted by Gasteiger charge is 2.27. The molecule has 5 nitrogen and oxygen atoms in total. The standard InChI is InChI=1S/C19H24F3N5/c1-5-25-19(24-4)27(23)18(26-8-6-12(2)7-9-26)13(3)17-15(21)10-14(20)11-16(17)22/h5,10-12H,1,4,6-9,23H2,2-3H3/b18-13+,25-19-. The van der Waals surface area contributed by atoms with Gasteiger partial charge in [0, 0.05) is 37.0 Å². The van der Waals surface area contributed by atoms with Crippen LogP contribution < -0.4 is 5.84 Å². The first-order valence-electron chi connectivity index (χ1n) is 8.61. The number of rotatable bonds is 4. The zero-order valence-corrected chi connectivity index (χ0v) is 15.6. The van der Waals surface area contributed by atoms with Crippen LogP contribution in [0.2, 0.25) is 0 Å². The van der Waals surface area contributed by atoms with Crippen LogP contribution in [0, 0.1) is 23.4 Å². The van der Waals surface area contributed by atoms with Gasteiger partial charge in [-0.15, -0.1) is 0 Å². The van der Waals surface area contributed by atoms with E-state index in [1.807, 2.05) is 4.90 Å². The smallest absolute Gasteiger partial charge is 0.245 e. The normalized spacial score (nSPS) is 16.8. The fraction of sp³-hybridized carbons (Fsp3) is 0.368. The van der Waals surface area contributed by atoms with Gasteiger partial charge in [0.2, 0.25) is 5.96 Å². The van der Waals surface area contributed by atoms with E-state index >= 15 is 0 Å². The molecule has 1 aromatic carbocycles. The lowest BCUT2D eigenvalue weighted by Crippen LogP contribution is -2.46. The maximum atomic E-state index is 14.4. The van der Waals surface area contributed by atoms with Crippen LogP contribution in [0.3, 0.4) is 0 Å². The van der Waals surface area contributed by atoms with Crippen LogP contribution in [0.1, 0.15) is 32.3 Å². The van der Waals surface area contributed by atoms with Crippen LogP contribution in [0.5, 0.6) is 0 Å². The maximum Gasteiger partial charge on any atom is 0.245 e.